The van der Waals surface area contributed by atoms with E-state index in [2.05, 4.69) is 10.3 Å². The molecule has 0 aliphatic heterocycles. The molecule has 0 aliphatic rings. The standard InChI is InChI=1S/C14H16Cl2N2O3/c1-7-4-9(8(2)21-7)14(3,20)6-17-13(19)11-5-10(15)12(16)18-11/h4-5,18,20H,6H2,1-3H3,(H,17,19). The molecule has 21 heavy (non-hydrogen) atoms. The Morgan fingerprint density at radius 1 is 1.43 bits per heavy atom. The van der Waals surface area contributed by atoms with Gasteiger partial charge in [-0.05, 0) is 32.9 Å². The van der Waals surface area contributed by atoms with Crippen molar-refractivity contribution in [2.45, 2.75) is 26.4 Å². The Bertz CT molecular complexity index is 654. The number of aromatic amines is 1. The largest absolute Gasteiger partial charge is 0.466 e. The summed E-state index contributed by atoms with van der Waals surface area (Å²) in [7, 11) is 0. The van der Waals surface area contributed by atoms with Crippen LogP contribution in [-0.4, -0.2) is 22.5 Å². The molecule has 0 aromatic carbocycles. The average Bonchev–Trinajstić information content (AvgIpc) is 2.90. The number of halogens is 2. The topological polar surface area (TPSA) is 78.3 Å². The zero-order valence-electron chi connectivity index (χ0n) is 11.9. The number of hydrogen-bond acceptors (Lipinski definition) is 3. The van der Waals surface area contributed by atoms with Crippen molar-refractivity contribution in [3.8, 4) is 0 Å². The van der Waals surface area contributed by atoms with E-state index in [1.54, 1.807) is 26.8 Å². The fraction of sp³-hybridized carbons (Fsp3) is 0.357. The zero-order chi connectivity index (χ0) is 15.8. The SMILES string of the molecule is Cc1cc(C(C)(O)CNC(=O)c2cc(Cl)c(Cl)[nH]2)c(C)o1. The maximum Gasteiger partial charge on any atom is 0.267 e. The first-order valence-corrected chi connectivity index (χ1v) is 7.08. The Balaban J connectivity index is 2.08. The van der Waals surface area contributed by atoms with Crippen LogP contribution in [0.1, 0.15) is 34.5 Å². The lowest BCUT2D eigenvalue weighted by atomic mass is 9.96. The molecule has 7 heteroatoms. The molecule has 0 aliphatic carbocycles. The monoisotopic (exact) mass is 330 g/mol. The number of aromatic nitrogens is 1. The van der Waals surface area contributed by atoms with Gasteiger partial charge in [0.05, 0.1) is 11.6 Å². The van der Waals surface area contributed by atoms with Crippen LogP contribution in [0.5, 0.6) is 0 Å². The molecular formula is C14H16Cl2N2O3. The second-order valence-corrected chi connectivity index (χ2v) is 5.91. The predicted molar refractivity (Wildman–Crippen MR) is 80.9 cm³/mol. The van der Waals surface area contributed by atoms with Crippen molar-refractivity contribution in [3.05, 3.63) is 45.1 Å². The predicted octanol–water partition coefficient (Wildman–Crippen LogP) is 3.17. The van der Waals surface area contributed by atoms with Gasteiger partial charge in [-0.15, -0.1) is 0 Å². The molecule has 0 fully saturated rings. The summed E-state index contributed by atoms with van der Waals surface area (Å²) in [6.07, 6.45) is 0. The Labute approximate surface area is 132 Å². The number of aliphatic hydroxyl groups is 1. The molecular weight excluding hydrogens is 315 g/mol. The normalized spacial score (nSPS) is 14.0. The molecule has 0 saturated carbocycles. The number of H-pyrrole nitrogens is 1. The first kappa shape index (κ1) is 15.9. The summed E-state index contributed by atoms with van der Waals surface area (Å²) in [6.45, 7) is 5.20. The highest BCUT2D eigenvalue weighted by Crippen LogP contribution is 2.26. The van der Waals surface area contributed by atoms with E-state index in [9.17, 15) is 9.90 Å². The molecule has 2 heterocycles. The molecule has 114 valence electrons. The number of carbonyl (C=O) groups is 1. The van der Waals surface area contributed by atoms with Gasteiger partial charge in [0.2, 0.25) is 0 Å². The third kappa shape index (κ3) is 3.43. The van der Waals surface area contributed by atoms with E-state index < -0.39 is 11.5 Å². The van der Waals surface area contributed by atoms with Crippen molar-refractivity contribution in [1.29, 1.82) is 0 Å². The highest BCUT2D eigenvalue weighted by molar-refractivity contribution is 6.41. The van der Waals surface area contributed by atoms with Crippen molar-refractivity contribution in [1.82, 2.24) is 10.3 Å². The van der Waals surface area contributed by atoms with Crippen LogP contribution in [0.3, 0.4) is 0 Å². The highest BCUT2D eigenvalue weighted by Gasteiger charge is 2.28. The van der Waals surface area contributed by atoms with Gasteiger partial charge >= 0.3 is 0 Å². The van der Waals surface area contributed by atoms with Gasteiger partial charge < -0.3 is 19.8 Å². The van der Waals surface area contributed by atoms with Gasteiger partial charge in [-0.1, -0.05) is 23.2 Å². The molecule has 0 spiro atoms. The van der Waals surface area contributed by atoms with Gasteiger partial charge in [0.15, 0.2) is 0 Å². The number of hydrogen-bond donors (Lipinski definition) is 3. The lowest BCUT2D eigenvalue weighted by Crippen LogP contribution is -2.38. The minimum atomic E-state index is -1.24. The summed E-state index contributed by atoms with van der Waals surface area (Å²) >= 11 is 11.5. The number of furan rings is 1. The molecule has 1 unspecified atom stereocenters. The van der Waals surface area contributed by atoms with Crippen LogP contribution in [0.2, 0.25) is 10.2 Å². The maximum atomic E-state index is 12.0. The van der Waals surface area contributed by atoms with E-state index in [4.69, 9.17) is 27.6 Å². The summed E-state index contributed by atoms with van der Waals surface area (Å²) in [5, 5.41) is 13.6. The van der Waals surface area contributed by atoms with Crippen molar-refractivity contribution in [2.24, 2.45) is 0 Å². The van der Waals surface area contributed by atoms with Gasteiger partial charge in [0.25, 0.3) is 5.91 Å². The molecule has 0 saturated heterocycles. The molecule has 2 aromatic rings. The fourth-order valence-electron chi connectivity index (χ4n) is 2.13. The summed E-state index contributed by atoms with van der Waals surface area (Å²) in [4.78, 5) is 14.6. The first-order valence-electron chi connectivity index (χ1n) is 6.33. The van der Waals surface area contributed by atoms with Crippen LogP contribution in [0.25, 0.3) is 0 Å². The number of nitrogens with one attached hydrogen (secondary N) is 2. The Morgan fingerprint density at radius 2 is 2.10 bits per heavy atom. The van der Waals surface area contributed by atoms with Gasteiger partial charge in [-0.25, -0.2) is 0 Å². The lowest BCUT2D eigenvalue weighted by molar-refractivity contribution is 0.0513. The van der Waals surface area contributed by atoms with Crippen LogP contribution in [0.15, 0.2) is 16.5 Å². The number of aryl methyl sites for hydroxylation is 2. The second-order valence-electron chi connectivity index (χ2n) is 5.13. The third-order valence-electron chi connectivity index (χ3n) is 3.18. The highest BCUT2D eigenvalue weighted by atomic mass is 35.5. The van der Waals surface area contributed by atoms with Crippen molar-refractivity contribution in [3.63, 3.8) is 0 Å². The molecule has 2 rings (SSSR count). The van der Waals surface area contributed by atoms with Crippen molar-refractivity contribution < 1.29 is 14.3 Å². The zero-order valence-corrected chi connectivity index (χ0v) is 13.4. The summed E-state index contributed by atoms with van der Waals surface area (Å²) < 4.78 is 5.40. The maximum absolute atomic E-state index is 12.0. The minimum absolute atomic E-state index is 0.0277. The number of amides is 1. The Kier molecular flexibility index (Phi) is 4.37. The lowest BCUT2D eigenvalue weighted by Gasteiger charge is -2.23. The molecule has 0 radical (unpaired) electrons. The van der Waals surface area contributed by atoms with Gasteiger partial charge in [0.1, 0.15) is 28.0 Å². The summed E-state index contributed by atoms with van der Waals surface area (Å²) in [5.41, 5.74) is -0.360. The van der Waals surface area contributed by atoms with Crippen LogP contribution in [0.4, 0.5) is 0 Å². The quantitative estimate of drug-likeness (QED) is 0.805. The van der Waals surface area contributed by atoms with E-state index in [0.717, 1.165) is 0 Å². The van der Waals surface area contributed by atoms with Crippen LogP contribution in [0, 0.1) is 13.8 Å². The van der Waals surface area contributed by atoms with Gasteiger partial charge in [-0.2, -0.15) is 0 Å². The Morgan fingerprint density at radius 3 is 2.57 bits per heavy atom. The molecule has 1 atom stereocenters. The Hall–Kier alpha value is -1.43. The summed E-state index contributed by atoms with van der Waals surface area (Å²) in [6, 6.07) is 3.19. The fourth-order valence-corrected chi connectivity index (χ4v) is 2.45. The minimum Gasteiger partial charge on any atom is -0.466 e. The van der Waals surface area contributed by atoms with Crippen molar-refractivity contribution >= 4 is 29.1 Å². The van der Waals surface area contributed by atoms with E-state index in [1.807, 2.05) is 0 Å². The van der Waals surface area contributed by atoms with Gasteiger partial charge in [0, 0.05) is 5.56 Å². The smallest absolute Gasteiger partial charge is 0.267 e. The summed E-state index contributed by atoms with van der Waals surface area (Å²) in [5.74, 6) is 0.927. The van der Waals surface area contributed by atoms with Crippen molar-refractivity contribution in [2.75, 3.05) is 6.54 Å². The number of carbonyl (C=O) groups excluding carboxylic acids is 1. The van der Waals surface area contributed by atoms with E-state index in [-0.39, 0.29) is 22.4 Å². The van der Waals surface area contributed by atoms with Crippen LogP contribution in [-0.2, 0) is 5.60 Å². The second kappa shape index (κ2) is 5.75. The van der Waals surface area contributed by atoms with E-state index in [0.29, 0.717) is 17.1 Å². The van der Waals surface area contributed by atoms with Crippen LogP contribution < -0.4 is 5.32 Å². The van der Waals surface area contributed by atoms with Gasteiger partial charge in [-0.3, -0.25) is 4.79 Å². The van der Waals surface area contributed by atoms with E-state index in [1.165, 1.54) is 6.07 Å². The first-order chi connectivity index (χ1) is 9.70. The molecule has 1 amide bonds. The molecule has 0 bridgehead atoms. The molecule has 2 aromatic heterocycles. The van der Waals surface area contributed by atoms with E-state index >= 15 is 0 Å². The third-order valence-corrected chi connectivity index (χ3v) is 3.88. The van der Waals surface area contributed by atoms with Crippen LogP contribution >= 0.6 is 23.2 Å². The average molecular weight is 331 g/mol. The number of rotatable bonds is 4. The molecule has 5 nitrogen and oxygen atoms in total. The molecule has 3 N–H and O–H groups in total.